The van der Waals surface area contributed by atoms with Gasteiger partial charge in [0.05, 0.1) is 31.0 Å². The van der Waals surface area contributed by atoms with Crippen LogP contribution in [0.1, 0.15) is 13.8 Å². The number of rotatable bonds is 6. The average molecular weight is 508 g/mol. The highest BCUT2D eigenvalue weighted by Gasteiger charge is 2.25. The summed E-state index contributed by atoms with van der Waals surface area (Å²) in [6.45, 7) is 8.02. The summed E-state index contributed by atoms with van der Waals surface area (Å²) in [6.07, 6.45) is 0. The summed E-state index contributed by atoms with van der Waals surface area (Å²) in [5.74, 6) is 2.34. The quantitative estimate of drug-likeness (QED) is 0.413. The minimum atomic E-state index is 0.452. The fourth-order valence-electron chi connectivity index (χ4n) is 4.55. The van der Waals surface area contributed by atoms with Crippen molar-refractivity contribution in [2.75, 3.05) is 51.0 Å². The number of nitrogens with zero attached hydrogens (tertiary/aromatic N) is 6. The third-order valence-corrected chi connectivity index (χ3v) is 6.86. The van der Waals surface area contributed by atoms with Gasteiger partial charge in [0.25, 0.3) is 0 Å². The highest BCUT2D eigenvalue weighted by Crippen LogP contribution is 2.37. The summed E-state index contributed by atoms with van der Waals surface area (Å²) < 4.78 is 12.7. The molecule has 1 saturated heterocycles. The van der Waals surface area contributed by atoms with Crippen molar-refractivity contribution >= 4 is 34.4 Å². The van der Waals surface area contributed by atoms with Gasteiger partial charge < -0.3 is 20.1 Å². The smallest absolute Gasteiger partial charge is 0.228 e. The standard InChI is InChI=1S/C26H30ClN7O2/c1-16(2)32-11-13-33(14-12-32)26-29-23(17-5-10-20(35-3)21(15-17)36-4)22-24(28)34(31-25(22)30-26)19-8-6-18(27)7-9-19/h5-10,15-16H,11-14,28H2,1-4H3. The van der Waals surface area contributed by atoms with Gasteiger partial charge in [0.1, 0.15) is 5.82 Å². The summed E-state index contributed by atoms with van der Waals surface area (Å²) in [5.41, 5.74) is 9.52. The minimum absolute atomic E-state index is 0.452. The summed E-state index contributed by atoms with van der Waals surface area (Å²) in [4.78, 5) is 14.5. The number of nitrogens with two attached hydrogens (primary N) is 1. The van der Waals surface area contributed by atoms with Crippen LogP contribution in [-0.4, -0.2) is 71.1 Å². The predicted octanol–water partition coefficient (Wildman–Crippen LogP) is 4.27. The molecule has 3 heterocycles. The Morgan fingerprint density at radius 3 is 2.25 bits per heavy atom. The van der Waals surface area contributed by atoms with Crippen molar-refractivity contribution in [3.05, 3.63) is 47.5 Å². The van der Waals surface area contributed by atoms with Crippen LogP contribution in [0.4, 0.5) is 11.8 Å². The summed E-state index contributed by atoms with van der Waals surface area (Å²) >= 11 is 6.10. The van der Waals surface area contributed by atoms with E-state index in [4.69, 9.17) is 41.9 Å². The molecule has 1 aliphatic rings. The Labute approximate surface area is 215 Å². The van der Waals surface area contributed by atoms with Crippen molar-refractivity contribution in [1.82, 2.24) is 24.6 Å². The molecule has 1 fully saturated rings. The number of methoxy groups -OCH3 is 2. The third-order valence-electron chi connectivity index (χ3n) is 6.61. The number of piperazine rings is 1. The Hall–Kier alpha value is -3.56. The lowest BCUT2D eigenvalue weighted by Crippen LogP contribution is -2.49. The fourth-order valence-corrected chi connectivity index (χ4v) is 4.68. The Morgan fingerprint density at radius 2 is 1.61 bits per heavy atom. The number of fused-ring (bicyclic) bond motifs is 1. The van der Waals surface area contributed by atoms with Crippen LogP contribution in [0.15, 0.2) is 42.5 Å². The van der Waals surface area contributed by atoms with Crippen LogP contribution in [-0.2, 0) is 0 Å². The van der Waals surface area contributed by atoms with Crippen LogP contribution in [0.25, 0.3) is 28.0 Å². The van der Waals surface area contributed by atoms with E-state index in [0.717, 1.165) is 37.4 Å². The first kappa shape index (κ1) is 24.1. The first-order valence-corrected chi connectivity index (χ1v) is 12.3. The second-order valence-corrected chi connectivity index (χ2v) is 9.47. The highest BCUT2D eigenvalue weighted by molar-refractivity contribution is 6.30. The van der Waals surface area contributed by atoms with E-state index < -0.39 is 0 Å². The van der Waals surface area contributed by atoms with Gasteiger partial charge in [-0.15, -0.1) is 5.10 Å². The van der Waals surface area contributed by atoms with Crippen LogP contribution >= 0.6 is 11.6 Å². The Morgan fingerprint density at radius 1 is 0.917 bits per heavy atom. The largest absolute Gasteiger partial charge is 0.493 e. The fraction of sp³-hybridized carbons (Fsp3) is 0.346. The van der Waals surface area contributed by atoms with Crippen molar-refractivity contribution < 1.29 is 9.47 Å². The number of hydrogen-bond donors (Lipinski definition) is 1. The molecule has 0 spiro atoms. The molecule has 36 heavy (non-hydrogen) atoms. The number of halogens is 1. The topological polar surface area (TPSA) is 94.6 Å². The molecular weight excluding hydrogens is 478 g/mol. The lowest BCUT2D eigenvalue weighted by Gasteiger charge is -2.36. The molecule has 0 aliphatic carbocycles. The van der Waals surface area contributed by atoms with E-state index in [0.29, 0.717) is 51.1 Å². The third kappa shape index (κ3) is 4.40. The monoisotopic (exact) mass is 507 g/mol. The molecule has 2 N–H and O–H groups in total. The number of benzene rings is 2. The van der Waals surface area contributed by atoms with E-state index in [9.17, 15) is 0 Å². The predicted molar refractivity (Wildman–Crippen MR) is 144 cm³/mol. The van der Waals surface area contributed by atoms with Crippen molar-refractivity contribution in [3.8, 4) is 28.4 Å². The minimum Gasteiger partial charge on any atom is -0.493 e. The van der Waals surface area contributed by atoms with Gasteiger partial charge >= 0.3 is 0 Å². The van der Waals surface area contributed by atoms with Gasteiger partial charge in [0.15, 0.2) is 17.1 Å². The van der Waals surface area contributed by atoms with Crippen molar-refractivity contribution in [2.24, 2.45) is 0 Å². The molecule has 2 aromatic carbocycles. The van der Waals surface area contributed by atoms with E-state index >= 15 is 0 Å². The second kappa shape index (κ2) is 9.83. The van der Waals surface area contributed by atoms with Crippen molar-refractivity contribution in [1.29, 1.82) is 0 Å². The van der Waals surface area contributed by atoms with Gasteiger partial charge in [0, 0.05) is 42.8 Å². The lowest BCUT2D eigenvalue weighted by atomic mass is 10.1. The molecule has 5 rings (SSSR count). The molecule has 10 heteroatoms. The van der Waals surface area contributed by atoms with Gasteiger partial charge in [-0.2, -0.15) is 4.98 Å². The molecule has 9 nitrogen and oxygen atoms in total. The van der Waals surface area contributed by atoms with Gasteiger partial charge in [-0.05, 0) is 56.3 Å². The first-order chi connectivity index (χ1) is 17.4. The molecule has 1 aliphatic heterocycles. The van der Waals surface area contributed by atoms with Gasteiger partial charge in [-0.1, -0.05) is 11.6 Å². The number of aromatic nitrogens is 4. The van der Waals surface area contributed by atoms with E-state index in [1.165, 1.54) is 0 Å². The van der Waals surface area contributed by atoms with Crippen LogP contribution in [0, 0.1) is 0 Å². The van der Waals surface area contributed by atoms with Crippen molar-refractivity contribution in [2.45, 2.75) is 19.9 Å². The number of nitrogen functional groups attached to an aromatic ring is 1. The molecule has 0 saturated carbocycles. The lowest BCUT2D eigenvalue weighted by molar-refractivity contribution is 0.208. The highest BCUT2D eigenvalue weighted by atomic mass is 35.5. The summed E-state index contributed by atoms with van der Waals surface area (Å²) in [5, 5.41) is 6.10. The van der Waals surface area contributed by atoms with Crippen molar-refractivity contribution in [3.63, 3.8) is 0 Å². The summed E-state index contributed by atoms with van der Waals surface area (Å²) in [7, 11) is 3.23. The number of ether oxygens (including phenoxy) is 2. The van der Waals surface area contributed by atoms with E-state index in [2.05, 4.69) is 23.6 Å². The maximum atomic E-state index is 6.67. The molecule has 0 atom stereocenters. The number of anilines is 2. The maximum absolute atomic E-state index is 6.67. The van der Waals surface area contributed by atoms with Gasteiger partial charge in [-0.3, -0.25) is 4.90 Å². The molecule has 0 unspecified atom stereocenters. The first-order valence-electron chi connectivity index (χ1n) is 11.9. The second-order valence-electron chi connectivity index (χ2n) is 9.03. The molecule has 2 aromatic heterocycles. The Balaban J connectivity index is 1.67. The van der Waals surface area contributed by atoms with Gasteiger partial charge in [-0.25, -0.2) is 9.67 Å². The normalized spacial score (nSPS) is 14.6. The zero-order chi connectivity index (χ0) is 25.4. The Kier molecular flexibility index (Phi) is 6.59. The molecular formula is C26H30ClN7O2. The molecule has 0 amide bonds. The van der Waals surface area contributed by atoms with Crippen LogP contribution in [0.5, 0.6) is 11.5 Å². The number of hydrogen-bond acceptors (Lipinski definition) is 8. The van der Waals surface area contributed by atoms with Crippen LogP contribution < -0.4 is 20.1 Å². The molecule has 188 valence electrons. The van der Waals surface area contributed by atoms with Crippen LogP contribution in [0.2, 0.25) is 5.02 Å². The van der Waals surface area contributed by atoms with Crippen LogP contribution in [0.3, 0.4) is 0 Å². The van der Waals surface area contributed by atoms with E-state index in [1.807, 2.05) is 42.5 Å². The zero-order valence-corrected chi connectivity index (χ0v) is 21.7. The van der Waals surface area contributed by atoms with E-state index in [-0.39, 0.29) is 0 Å². The Bertz CT molecular complexity index is 1380. The molecule has 0 bridgehead atoms. The SMILES string of the molecule is COc1ccc(-c2nc(N3CCN(C(C)C)CC3)nc3nn(-c4ccc(Cl)cc4)c(N)c23)cc1OC. The average Bonchev–Trinajstić information content (AvgIpc) is 3.24. The molecule has 4 aromatic rings. The summed E-state index contributed by atoms with van der Waals surface area (Å²) in [6, 6.07) is 13.6. The zero-order valence-electron chi connectivity index (χ0n) is 20.9. The van der Waals surface area contributed by atoms with Gasteiger partial charge in [0.2, 0.25) is 5.95 Å². The molecule has 0 radical (unpaired) electrons. The maximum Gasteiger partial charge on any atom is 0.228 e. The van der Waals surface area contributed by atoms with E-state index in [1.54, 1.807) is 18.9 Å².